The number of carbonyl (C=O) groups is 1. The van der Waals surface area contributed by atoms with Crippen LogP contribution in [0.4, 0.5) is 5.82 Å². The minimum Gasteiger partial charge on any atom is -0.463 e. The Morgan fingerprint density at radius 2 is 2.19 bits per heavy atom. The summed E-state index contributed by atoms with van der Waals surface area (Å²) in [7, 11) is 3.53. The van der Waals surface area contributed by atoms with Gasteiger partial charge in [-0.05, 0) is 25.5 Å². The zero-order valence-electron chi connectivity index (χ0n) is 12.6. The van der Waals surface area contributed by atoms with E-state index >= 15 is 0 Å². The summed E-state index contributed by atoms with van der Waals surface area (Å²) < 4.78 is 5.34. The van der Waals surface area contributed by atoms with E-state index in [0.717, 1.165) is 17.9 Å². The Kier molecular flexibility index (Phi) is 4.92. The lowest BCUT2D eigenvalue weighted by molar-refractivity contribution is -0.128. The summed E-state index contributed by atoms with van der Waals surface area (Å²) in [5.74, 6) is 2.26. The molecule has 2 rings (SSSR count). The van der Waals surface area contributed by atoms with Crippen LogP contribution in [-0.2, 0) is 4.79 Å². The van der Waals surface area contributed by atoms with Crippen molar-refractivity contribution in [3.63, 3.8) is 0 Å². The first-order chi connectivity index (χ1) is 10.1. The van der Waals surface area contributed by atoms with E-state index in [-0.39, 0.29) is 5.91 Å². The van der Waals surface area contributed by atoms with Gasteiger partial charge in [-0.1, -0.05) is 0 Å². The number of furan rings is 1. The van der Waals surface area contributed by atoms with E-state index in [1.165, 1.54) is 0 Å². The number of hydrogen-bond acceptors (Lipinski definition) is 5. The first-order valence-electron chi connectivity index (χ1n) is 6.90. The first kappa shape index (κ1) is 15.0. The van der Waals surface area contributed by atoms with Crippen molar-refractivity contribution in [1.29, 1.82) is 0 Å². The molecule has 0 spiro atoms. The molecule has 1 amide bonds. The van der Waals surface area contributed by atoms with E-state index in [1.807, 2.05) is 25.1 Å². The molecule has 0 aliphatic heterocycles. The average Bonchev–Trinajstić information content (AvgIpc) is 2.96. The Bertz CT molecular complexity index is 594. The van der Waals surface area contributed by atoms with Crippen LogP contribution in [0.3, 0.4) is 0 Å². The van der Waals surface area contributed by atoms with Crippen molar-refractivity contribution in [2.24, 2.45) is 0 Å². The van der Waals surface area contributed by atoms with Gasteiger partial charge >= 0.3 is 0 Å². The molecule has 6 heteroatoms. The van der Waals surface area contributed by atoms with Crippen molar-refractivity contribution < 1.29 is 9.21 Å². The third kappa shape index (κ3) is 4.30. The fourth-order valence-corrected chi connectivity index (χ4v) is 1.89. The molecule has 6 nitrogen and oxygen atoms in total. The van der Waals surface area contributed by atoms with Crippen LogP contribution >= 0.6 is 0 Å². The van der Waals surface area contributed by atoms with Gasteiger partial charge in [-0.2, -0.15) is 0 Å². The van der Waals surface area contributed by atoms with E-state index in [0.29, 0.717) is 24.6 Å². The SMILES string of the molecule is Cc1nc(NCCCC(=O)N(C)C)cc(-c2ccco2)n1. The highest BCUT2D eigenvalue weighted by Crippen LogP contribution is 2.20. The van der Waals surface area contributed by atoms with Crippen molar-refractivity contribution in [3.05, 3.63) is 30.3 Å². The Hall–Kier alpha value is -2.37. The Labute approximate surface area is 124 Å². The number of aromatic nitrogens is 2. The number of nitrogens with one attached hydrogen (secondary N) is 1. The van der Waals surface area contributed by atoms with Crippen molar-refractivity contribution in [2.75, 3.05) is 26.0 Å². The van der Waals surface area contributed by atoms with Gasteiger partial charge < -0.3 is 14.6 Å². The van der Waals surface area contributed by atoms with E-state index in [9.17, 15) is 4.79 Å². The molecular formula is C15H20N4O2. The van der Waals surface area contributed by atoms with Gasteiger partial charge in [0.05, 0.1) is 6.26 Å². The molecule has 0 radical (unpaired) electrons. The molecule has 0 aromatic carbocycles. The second-order valence-electron chi connectivity index (χ2n) is 4.98. The number of hydrogen-bond donors (Lipinski definition) is 1. The Morgan fingerprint density at radius 1 is 1.38 bits per heavy atom. The minimum atomic E-state index is 0.131. The van der Waals surface area contributed by atoms with E-state index in [4.69, 9.17) is 4.42 Å². The number of nitrogens with zero attached hydrogens (tertiary/aromatic N) is 3. The van der Waals surface area contributed by atoms with Gasteiger partial charge in [-0.3, -0.25) is 4.79 Å². The normalized spacial score (nSPS) is 10.4. The number of carbonyl (C=O) groups excluding carboxylic acids is 1. The van der Waals surface area contributed by atoms with Crippen LogP contribution in [0.5, 0.6) is 0 Å². The topological polar surface area (TPSA) is 71.3 Å². The molecular weight excluding hydrogens is 268 g/mol. The van der Waals surface area contributed by atoms with Crippen LogP contribution in [0, 0.1) is 6.92 Å². The molecule has 0 atom stereocenters. The fourth-order valence-electron chi connectivity index (χ4n) is 1.89. The lowest BCUT2D eigenvalue weighted by Crippen LogP contribution is -2.22. The summed E-state index contributed by atoms with van der Waals surface area (Å²) in [5.41, 5.74) is 0.749. The minimum absolute atomic E-state index is 0.131. The van der Waals surface area contributed by atoms with Gasteiger partial charge in [0.2, 0.25) is 5.91 Å². The van der Waals surface area contributed by atoms with Crippen molar-refractivity contribution in [3.8, 4) is 11.5 Å². The van der Waals surface area contributed by atoms with Gasteiger partial charge in [0.1, 0.15) is 17.3 Å². The Balaban J connectivity index is 1.93. The zero-order valence-corrected chi connectivity index (χ0v) is 12.6. The van der Waals surface area contributed by atoms with Crippen LogP contribution in [0.25, 0.3) is 11.5 Å². The van der Waals surface area contributed by atoms with Crippen LogP contribution in [-0.4, -0.2) is 41.4 Å². The molecule has 2 aromatic heterocycles. The van der Waals surface area contributed by atoms with E-state index in [1.54, 1.807) is 25.3 Å². The molecule has 21 heavy (non-hydrogen) atoms. The molecule has 0 unspecified atom stereocenters. The van der Waals surface area contributed by atoms with Gasteiger partial charge in [0.15, 0.2) is 5.76 Å². The van der Waals surface area contributed by atoms with Gasteiger partial charge in [0.25, 0.3) is 0 Å². The summed E-state index contributed by atoms with van der Waals surface area (Å²) in [4.78, 5) is 21.8. The second-order valence-corrected chi connectivity index (χ2v) is 4.98. The molecule has 112 valence electrons. The van der Waals surface area contributed by atoms with Crippen LogP contribution in [0.2, 0.25) is 0 Å². The molecule has 2 aromatic rings. The lowest BCUT2D eigenvalue weighted by atomic mass is 10.2. The quantitative estimate of drug-likeness (QED) is 0.826. The van der Waals surface area contributed by atoms with Crippen molar-refractivity contribution in [1.82, 2.24) is 14.9 Å². The maximum atomic E-state index is 11.5. The smallest absolute Gasteiger partial charge is 0.222 e. The lowest BCUT2D eigenvalue weighted by Gasteiger charge is -2.11. The first-order valence-corrected chi connectivity index (χ1v) is 6.90. The molecule has 0 bridgehead atoms. The summed E-state index contributed by atoms with van der Waals surface area (Å²) in [6.45, 7) is 2.53. The van der Waals surface area contributed by atoms with Gasteiger partial charge in [-0.15, -0.1) is 0 Å². The average molecular weight is 288 g/mol. The monoisotopic (exact) mass is 288 g/mol. The largest absolute Gasteiger partial charge is 0.463 e. The highest BCUT2D eigenvalue weighted by atomic mass is 16.3. The molecule has 1 N–H and O–H groups in total. The van der Waals surface area contributed by atoms with Crippen LogP contribution < -0.4 is 5.32 Å². The molecule has 0 saturated carbocycles. The van der Waals surface area contributed by atoms with Crippen molar-refractivity contribution >= 4 is 11.7 Å². The highest BCUT2D eigenvalue weighted by Gasteiger charge is 2.07. The Morgan fingerprint density at radius 3 is 2.86 bits per heavy atom. The number of aryl methyl sites for hydroxylation is 1. The number of anilines is 1. The molecule has 0 saturated heterocycles. The molecule has 2 heterocycles. The van der Waals surface area contributed by atoms with Crippen molar-refractivity contribution in [2.45, 2.75) is 19.8 Å². The van der Waals surface area contributed by atoms with E-state index in [2.05, 4.69) is 15.3 Å². The van der Waals surface area contributed by atoms with E-state index < -0.39 is 0 Å². The third-order valence-corrected chi connectivity index (χ3v) is 2.98. The van der Waals surface area contributed by atoms with Crippen LogP contribution in [0.1, 0.15) is 18.7 Å². The fraction of sp³-hybridized carbons (Fsp3) is 0.400. The zero-order chi connectivity index (χ0) is 15.2. The summed E-state index contributed by atoms with van der Waals surface area (Å²) >= 11 is 0. The molecule has 0 fully saturated rings. The highest BCUT2D eigenvalue weighted by molar-refractivity contribution is 5.75. The summed E-state index contributed by atoms with van der Waals surface area (Å²) in [6, 6.07) is 5.54. The predicted octanol–water partition coefficient (Wildman–Crippen LogP) is 2.33. The van der Waals surface area contributed by atoms with Crippen LogP contribution in [0.15, 0.2) is 28.9 Å². The van der Waals surface area contributed by atoms with Gasteiger partial charge in [-0.25, -0.2) is 9.97 Å². The third-order valence-electron chi connectivity index (χ3n) is 2.98. The predicted molar refractivity (Wildman–Crippen MR) is 80.9 cm³/mol. The molecule has 0 aliphatic carbocycles. The summed E-state index contributed by atoms with van der Waals surface area (Å²) in [6.07, 6.45) is 2.90. The molecule has 0 aliphatic rings. The maximum absolute atomic E-state index is 11.5. The van der Waals surface area contributed by atoms with Gasteiger partial charge in [0, 0.05) is 33.1 Å². The number of amides is 1. The maximum Gasteiger partial charge on any atom is 0.222 e. The number of rotatable bonds is 6. The standard InChI is InChI=1S/C15H20N4O2/c1-11-17-12(13-6-5-9-21-13)10-14(18-11)16-8-4-7-15(20)19(2)3/h5-6,9-10H,4,7-8H2,1-3H3,(H,16,17,18). The summed E-state index contributed by atoms with van der Waals surface area (Å²) in [5, 5.41) is 3.22. The second kappa shape index (κ2) is 6.88.